The van der Waals surface area contributed by atoms with Crippen molar-refractivity contribution in [2.45, 2.75) is 12.2 Å². The molecule has 0 saturated heterocycles. The first-order valence-electron chi connectivity index (χ1n) is 4.34. The molecule has 0 radical (unpaired) electrons. The van der Waals surface area contributed by atoms with Crippen molar-refractivity contribution in [1.82, 2.24) is 0 Å². The monoisotopic (exact) mass is 163 g/mol. The minimum absolute atomic E-state index is 0.375. The van der Waals surface area contributed by atoms with Gasteiger partial charge in [0.25, 0.3) is 0 Å². The molecule has 1 aromatic rings. The molecule has 1 aromatic carbocycles. The Morgan fingerprint density at radius 2 is 2.17 bits per heavy atom. The van der Waals surface area contributed by atoms with E-state index in [0.717, 1.165) is 0 Å². The minimum atomic E-state index is -0.898. The molecule has 0 fully saturated rings. The van der Waals surface area contributed by atoms with Crippen molar-refractivity contribution < 1.29 is 11.6 Å². The molecule has 2 nitrogen and oxygen atoms in total. The molecule has 12 heavy (non-hydrogen) atoms. The van der Waals surface area contributed by atoms with Crippen molar-refractivity contribution in [2.24, 2.45) is 0 Å². The van der Waals surface area contributed by atoms with Gasteiger partial charge in [-0.15, -0.1) is 0 Å². The second kappa shape index (κ2) is 2.73. The fourth-order valence-corrected chi connectivity index (χ4v) is 1.35. The first-order chi connectivity index (χ1) is 6.20. The van der Waals surface area contributed by atoms with E-state index in [1.165, 1.54) is 6.08 Å². The number of hydrogen-bond donors (Lipinski definition) is 2. The van der Waals surface area contributed by atoms with E-state index >= 15 is 0 Å². The molecule has 2 rings (SSSR count). The first-order valence-corrected chi connectivity index (χ1v) is 3.84. The molecule has 1 aliphatic carbocycles. The van der Waals surface area contributed by atoms with E-state index in [1.807, 2.05) is 0 Å². The Balaban J connectivity index is 2.58. The number of aliphatic hydroxyl groups is 2. The Morgan fingerprint density at radius 3 is 3.00 bits per heavy atom. The minimum Gasteiger partial charge on any atom is -0.386 e. The van der Waals surface area contributed by atoms with E-state index in [0.29, 0.717) is 17.2 Å². The summed E-state index contributed by atoms with van der Waals surface area (Å²) in [5.74, 6) is 0. The Hall–Kier alpha value is -1.12. The lowest BCUT2D eigenvalue weighted by Gasteiger charge is -2.21. The third-order valence-electron chi connectivity index (χ3n) is 2.02. The molecule has 0 bridgehead atoms. The van der Waals surface area contributed by atoms with Gasteiger partial charge in [0.15, 0.2) is 0 Å². The zero-order valence-corrected chi connectivity index (χ0v) is 6.44. The van der Waals surface area contributed by atoms with Crippen molar-refractivity contribution >= 4 is 6.08 Å². The summed E-state index contributed by atoms with van der Waals surface area (Å²) < 4.78 is 7.56. The SMILES string of the molecule is [2H]c1cccc2c1C=C[C@H](O)[C@@H]2O. The molecule has 0 heterocycles. The maximum atomic E-state index is 9.57. The molecule has 2 atom stereocenters. The van der Waals surface area contributed by atoms with Gasteiger partial charge < -0.3 is 10.2 Å². The van der Waals surface area contributed by atoms with Crippen LogP contribution in [0.3, 0.4) is 0 Å². The van der Waals surface area contributed by atoms with Gasteiger partial charge in [-0.2, -0.15) is 0 Å². The third kappa shape index (κ3) is 1.05. The van der Waals surface area contributed by atoms with Gasteiger partial charge >= 0.3 is 0 Å². The Labute approximate surface area is 72.2 Å². The molecule has 0 aliphatic heterocycles. The summed E-state index contributed by atoms with van der Waals surface area (Å²) in [6, 6.07) is 5.47. The highest BCUT2D eigenvalue weighted by Gasteiger charge is 2.20. The van der Waals surface area contributed by atoms with E-state index in [9.17, 15) is 10.2 Å². The second-order valence-electron chi connectivity index (χ2n) is 2.83. The summed E-state index contributed by atoms with van der Waals surface area (Å²) in [4.78, 5) is 0. The average molecular weight is 163 g/mol. The quantitative estimate of drug-likeness (QED) is 0.601. The van der Waals surface area contributed by atoms with Crippen LogP contribution in [0.4, 0.5) is 0 Å². The molecular weight excluding hydrogens is 152 g/mol. The van der Waals surface area contributed by atoms with Gasteiger partial charge in [0.2, 0.25) is 0 Å². The van der Waals surface area contributed by atoms with Crippen LogP contribution in [-0.4, -0.2) is 16.3 Å². The van der Waals surface area contributed by atoms with Crippen LogP contribution in [0.1, 0.15) is 18.6 Å². The predicted molar refractivity (Wildman–Crippen MR) is 46.4 cm³/mol. The van der Waals surface area contributed by atoms with Crippen LogP contribution in [0.5, 0.6) is 0 Å². The molecule has 2 heteroatoms. The normalized spacial score (nSPS) is 28.0. The summed E-state index contributed by atoms with van der Waals surface area (Å²) in [7, 11) is 0. The maximum Gasteiger partial charge on any atom is 0.109 e. The van der Waals surface area contributed by atoms with Crippen molar-refractivity contribution in [2.75, 3.05) is 0 Å². The third-order valence-corrected chi connectivity index (χ3v) is 2.02. The lowest BCUT2D eigenvalue weighted by Crippen LogP contribution is -2.19. The molecular formula is C10H10O2. The van der Waals surface area contributed by atoms with Gasteiger partial charge in [0.05, 0.1) is 1.37 Å². The molecule has 1 aliphatic rings. The molecule has 0 spiro atoms. The lowest BCUT2D eigenvalue weighted by molar-refractivity contribution is 0.0470. The largest absolute Gasteiger partial charge is 0.386 e. The zero-order chi connectivity index (χ0) is 9.42. The maximum absolute atomic E-state index is 9.57. The zero-order valence-electron chi connectivity index (χ0n) is 7.44. The standard InChI is InChI=1S/C10H10O2/c11-9-6-5-7-3-1-2-4-8(7)10(9)12/h1-6,9-12H/t9-,10+/m0/s1/i3D. The van der Waals surface area contributed by atoms with Crippen LogP contribution in [0.15, 0.2) is 30.3 Å². The van der Waals surface area contributed by atoms with E-state index < -0.39 is 12.2 Å². The Bertz CT molecular complexity index is 360. The fraction of sp³-hybridized carbons (Fsp3) is 0.200. The predicted octanol–water partition coefficient (Wildman–Crippen LogP) is 1.11. The Morgan fingerprint density at radius 1 is 1.33 bits per heavy atom. The Kier molecular flexibility index (Phi) is 1.46. The van der Waals surface area contributed by atoms with Gasteiger partial charge in [-0.3, -0.25) is 0 Å². The lowest BCUT2D eigenvalue weighted by atomic mass is 9.93. The van der Waals surface area contributed by atoms with Gasteiger partial charge in [-0.25, -0.2) is 0 Å². The number of benzene rings is 1. The molecule has 2 N–H and O–H groups in total. The number of aliphatic hydroxyl groups excluding tert-OH is 2. The van der Waals surface area contributed by atoms with Crippen molar-refractivity contribution in [3.05, 3.63) is 41.4 Å². The molecule has 62 valence electrons. The van der Waals surface area contributed by atoms with Crippen LogP contribution in [0.25, 0.3) is 6.08 Å². The van der Waals surface area contributed by atoms with Gasteiger partial charge in [-0.1, -0.05) is 36.4 Å². The molecule has 0 saturated carbocycles. The highest BCUT2D eigenvalue weighted by Crippen LogP contribution is 2.27. The highest BCUT2D eigenvalue weighted by molar-refractivity contribution is 5.58. The van der Waals surface area contributed by atoms with E-state index in [2.05, 4.69) is 0 Å². The van der Waals surface area contributed by atoms with Gasteiger partial charge in [0, 0.05) is 0 Å². The average Bonchev–Trinajstić information content (AvgIpc) is 2.12. The van der Waals surface area contributed by atoms with Gasteiger partial charge in [0.1, 0.15) is 12.2 Å². The van der Waals surface area contributed by atoms with Crippen LogP contribution >= 0.6 is 0 Å². The molecule has 0 aromatic heterocycles. The fourth-order valence-electron chi connectivity index (χ4n) is 1.35. The van der Waals surface area contributed by atoms with E-state index in [4.69, 9.17) is 1.37 Å². The summed E-state index contributed by atoms with van der Waals surface area (Å²) in [6.45, 7) is 0. The number of hydrogen-bond acceptors (Lipinski definition) is 2. The van der Waals surface area contributed by atoms with Crippen molar-refractivity contribution in [1.29, 1.82) is 0 Å². The molecule has 0 unspecified atom stereocenters. The van der Waals surface area contributed by atoms with Crippen LogP contribution in [0, 0.1) is 0 Å². The second-order valence-corrected chi connectivity index (χ2v) is 2.83. The summed E-state index contributed by atoms with van der Waals surface area (Å²) in [6.07, 6.45) is 1.43. The number of rotatable bonds is 0. The topological polar surface area (TPSA) is 40.5 Å². The summed E-state index contributed by atoms with van der Waals surface area (Å²) in [5.41, 5.74) is 1.32. The van der Waals surface area contributed by atoms with Crippen LogP contribution in [0.2, 0.25) is 0 Å². The van der Waals surface area contributed by atoms with Crippen molar-refractivity contribution in [3.63, 3.8) is 0 Å². The molecule has 0 amide bonds. The smallest absolute Gasteiger partial charge is 0.109 e. The van der Waals surface area contributed by atoms with E-state index in [-0.39, 0.29) is 0 Å². The first kappa shape index (κ1) is 6.40. The van der Waals surface area contributed by atoms with Crippen LogP contribution < -0.4 is 0 Å². The highest BCUT2D eigenvalue weighted by atomic mass is 16.3. The number of fused-ring (bicyclic) bond motifs is 1. The van der Waals surface area contributed by atoms with Crippen LogP contribution in [-0.2, 0) is 0 Å². The summed E-state index contributed by atoms with van der Waals surface area (Å²) in [5, 5.41) is 18.9. The van der Waals surface area contributed by atoms with Gasteiger partial charge in [-0.05, 0) is 11.1 Å². The van der Waals surface area contributed by atoms with E-state index in [1.54, 1.807) is 24.3 Å². The summed E-state index contributed by atoms with van der Waals surface area (Å²) >= 11 is 0. The van der Waals surface area contributed by atoms with Crippen molar-refractivity contribution in [3.8, 4) is 0 Å².